The Bertz CT molecular complexity index is 609. The molecule has 1 heterocycles. The lowest BCUT2D eigenvalue weighted by Gasteiger charge is -2.09. The van der Waals surface area contributed by atoms with Gasteiger partial charge in [0.05, 0.1) is 5.25 Å². The molecule has 6 heteroatoms. The monoisotopic (exact) mass is 288 g/mol. The third-order valence-electron chi connectivity index (χ3n) is 2.74. The molecule has 2 rings (SSSR count). The first-order chi connectivity index (χ1) is 9.63. The van der Waals surface area contributed by atoms with Crippen LogP contribution < -0.4 is 5.73 Å². The van der Waals surface area contributed by atoms with Gasteiger partial charge >= 0.3 is 0 Å². The molecule has 1 aromatic heterocycles. The summed E-state index contributed by atoms with van der Waals surface area (Å²) in [7, 11) is 0. The zero-order chi connectivity index (χ0) is 14.5. The Labute approximate surface area is 121 Å². The molecule has 2 aromatic rings. The molecule has 0 aliphatic rings. The molecule has 1 amide bonds. The van der Waals surface area contributed by atoms with Crippen LogP contribution >= 0.6 is 11.8 Å². The summed E-state index contributed by atoms with van der Waals surface area (Å²) in [6, 6.07) is 9.77. The van der Waals surface area contributed by atoms with Crippen LogP contribution in [-0.4, -0.2) is 25.9 Å². The second-order valence-electron chi connectivity index (χ2n) is 4.23. The summed E-state index contributed by atoms with van der Waals surface area (Å²) in [6.45, 7) is 6.07. The van der Waals surface area contributed by atoms with Gasteiger partial charge in [0.15, 0.2) is 11.0 Å². The minimum absolute atomic E-state index is 0.355. The first-order valence-electron chi connectivity index (χ1n) is 6.19. The topological polar surface area (TPSA) is 73.8 Å². The molecule has 0 saturated heterocycles. The van der Waals surface area contributed by atoms with Crippen molar-refractivity contribution in [3.8, 4) is 11.4 Å². The number of rotatable bonds is 6. The molecule has 0 saturated carbocycles. The van der Waals surface area contributed by atoms with Crippen molar-refractivity contribution >= 4 is 17.7 Å². The summed E-state index contributed by atoms with van der Waals surface area (Å²) in [5, 5.41) is 8.67. The van der Waals surface area contributed by atoms with Gasteiger partial charge in [0.2, 0.25) is 5.91 Å². The van der Waals surface area contributed by atoms with Crippen molar-refractivity contribution in [3.05, 3.63) is 43.0 Å². The Hall–Kier alpha value is -2.08. The molecule has 5 nitrogen and oxygen atoms in total. The fourth-order valence-corrected chi connectivity index (χ4v) is 2.50. The molecule has 0 aliphatic carbocycles. The van der Waals surface area contributed by atoms with Crippen LogP contribution in [0.1, 0.15) is 6.92 Å². The van der Waals surface area contributed by atoms with Gasteiger partial charge in [-0.3, -0.25) is 9.36 Å². The second kappa shape index (κ2) is 6.38. The van der Waals surface area contributed by atoms with E-state index in [0.717, 1.165) is 11.4 Å². The molecule has 104 valence electrons. The smallest absolute Gasteiger partial charge is 0.230 e. The highest BCUT2D eigenvalue weighted by molar-refractivity contribution is 8.00. The predicted octanol–water partition coefficient (Wildman–Crippen LogP) is 2.10. The Morgan fingerprint density at radius 3 is 2.75 bits per heavy atom. The molecule has 2 N–H and O–H groups in total. The molecule has 0 aliphatic heterocycles. The van der Waals surface area contributed by atoms with Crippen LogP contribution in [0.25, 0.3) is 11.4 Å². The number of primary amides is 1. The van der Waals surface area contributed by atoms with Gasteiger partial charge in [-0.2, -0.15) is 0 Å². The van der Waals surface area contributed by atoms with Crippen LogP contribution in [-0.2, 0) is 11.3 Å². The number of hydrogen-bond acceptors (Lipinski definition) is 4. The molecule has 0 fully saturated rings. The number of nitrogens with two attached hydrogens (primary N) is 1. The molecular weight excluding hydrogens is 272 g/mol. The standard InChI is InChI=1S/C14H16N4OS/c1-3-9-18-13(11-7-5-4-6-8-11)16-17-14(18)20-10(2)12(15)19/h3-8,10H,1,9H2,2H3,(H2,15,19)/t10-/m1/s1. The van der Waals surface area contributed by atoms with Crippen LogP contribution in [0.4, 0.5) is 0 Å². The van der Waals surface area contributed by atoms with Crippen molar-refractivity contribution < 1.29 is 4.79 Å². The quantitative estimate of drug-likeness (QED) is 0.652. The molecule has 0 radical (unpaired) electrons. The highest BCUT2D eigenvalue weighted by Gasteiger charge is 2.18. The molecular formula is C14H16N4OS. The van der Waals surface area contributed by atoms with Crippen LogP contribution in [0.2, 0.25) is 0 Å². The van der Waals surface area contributed by atoms with Gasteiger partial charge in [0.1, 0.15) is 0 Å². The van der Waals surface area contributed by atoms with Gasteiger partial charge in [0, 0.05) is 12.1 Å². The van der Waals surface area contributed by atoms with Crippen LogP contribution in [0.15, 0.2) is 48.1 Å². The second-order valence-corrected chi connectivity index (χ2v) is 5.54. The highest BCUT2D eigenvalue weighted by atomic mass is 32.2. The average Bonchev–Trinajstić information content (AvgIpc) is 2.83. The summed E-state index contributed by atoms with van der Waals surface area (Å²) < 4.78 is 1.92. The van der Waals surface area contributed by atoms with Crippen molar-refractivity contribution in [3.63, 3.8) is 0 Å². The maximum atomic E-state index is 11.2. The molecule has 1 atom stereocenters. The van der Waals surface area contributed by atoms with Gasteiger partial charge in [-0.1, -0.05) is 48.2 Å². The van der Waals surface area contributed by atoms with Crippen LogP contribution in [0.5, 0.6) is 0 Å². The zero-order valence-electron chi connectivity index (χ0n) is 11.2. The van der Waals surface area contributed by atoms with Crippen molar-refractivity contribution in [1.29, 1.82) is 0 Å². The van der Waals surface area contributed by atoms with Gasteiger partial charge in [-0.05, 0) is 6.92 Å². The van der Waals surface area contributed by atoms with Crippen molar-refractivity contribution in [2.24, 2.45) is 5.73 Å². The molecule has 1 aromatic carbocycles. The number of hydrogen-bond donors (Lipinski definition) is 1. The van der Waals surface area contributed by atoms with Crippen LogP contribution in [0, 0.1) is 0 Å². The fraction of sp³-hybridized carbons (Fsp3) is 0.214. The van der Waals surface area contributed by atoms with E-state index in [2.05, 4.69) is 16.8 Å². The average molecular weight is 288 g/mol. The summed E-state index contributed by atoms with van der Waals surface area (Å²) in [6.07, 6.45) is 1.77. The van der Waals surface area contributed by atoms with E-state index in [0.29, 0.717) is 11.7 Å². The van der Waals surface area contributed by atoms with E-state index in [9.17, 15) is 4.79 Å². The number of thioether (sulfide) groups is 1. The molecule has 0 bridgehead atoms. The Morgan fingerprint density at radius 2 is 2.15 bits per heavy atom. The number of allylic oxidation sites excluding steroid dienone is 1. The maximum Gasteiger partial charge on any atom is 0.230 e. The maximum absolute atomic E-state index is 11.2. The molecule has 20 heavy (non-hydrogen) atoms. The minimum atomic E-state index is -0.371. The Balaban J connectivity index is 2.37. The molecule has 0 spiro atoms. The normalized spacial score (nSPS) is 12.1. The minimum Gasteiger partial charge on any atom is -0.369 e. The lowest BCUT2D eigenvalue weighted by molar-refractivity contribution is -0.117. The van der Waals surface area contributed by atoms with E-state index >= 15 is 0 Å². The number of benzene rings is 1. The lowest BCUT2D eigenvalue weighted by atomic mass is 10.2. The summed E-state index contributed by atoms with van der Waals surface area (Å²) in [5.74, 6) is 0.383. The van der Waals surface area contributed by atoms with Gasteiger partial charge in [0.25, 0.3) is 0 Å². The van der Waals surface area contributed by atoms with E-state index in [1.807, 2.05) is 34.9 Å². The van der Waals surface area contributed by atoms with Crippen molar-refractivity contribution in [1.82, 2.24) is 14.8 Å². The van der Waals surface area contributed by atoms with E-state index < -0.39 is 0 Å². The SMILES string of the molecule is C=CCn1c(S[C@H](C)C(N)=O)nnc1-c1ccccc1. The largest absolute Gasteiger partial charge is 0.369 e. The van der Waals surface area contributed by atoms with Gasteiger partial charge < -0.3 is 5.73 Å². The lowest BCUT2D eigenvalue weighted by Crippen LogP contribution is -2.23. The van der Waals surface area contributed by atoms with Gasteiger partial charge in [-0.25, -0.2) is 0 Å². The fourth-order valence-electron chi connectivity index (χ4n) is 1.69. The zero-order valence-corrected chi connectivity index (χ0v) is 12.0. The number of nitrogens with zero attached hydrogens (tertiary/aromatic N) is 3. The number of aromatic nitrogens is 3. The first-order valence-corrected chi connectivity index (χ1v) is 7.07. The third kappa shape index (κ3) is 3.08. The molecule has 0 unspecified atom stereocenters. The van der Waals surface area contributed by atoms with E-state index in [4.69, 9.17) is 5.73 Å². The summed E-state index contributed by atoms with van der Waals surface area (Å²) >= 11 is 1.30. The summed E-state index contributed by atoms with van der Waals surface area (Å²) in [5.41, 5.74) is 6.26. The Morgan fingerprint density at radius 1 is 1.45 bits per heavy atom. The number of carbonyl (C=O) groups is 1. The third-order valence-corrected chi connectivity index (χ3v) is 3.84. The van der Waals surface area contributed by atoms with Crippen molar-refractivity contribution in [2.75, 3.05) is 0 Å². The van der Waals surface area contributed by atoms with E-state index in [-0.39, 0.29) is 11.2 Å². The van der Waals surface area contributed by atoms with Gasteiger partial charge in [-0.15, -0.1) is 16.8 Å². The predicted molar refractivity (Wildman–Crippen MR) is 80.2 cm³/mol. The van der Waals surface area contributed by atoms with E-state index in [1.54, 1.807) is 13.0 Å². The number of carbonyl (C=O) groups excluding carboxylic acids is 1. The summed E-state index contributed by atoms with van der Waals surface area (Å²) in [4.78, 5) is 11.2. The Kier molecular flexibility index (Phi) is 4.57. The first kappa shape index (κ1) is 14.3. The van der Waals surface area contributed by atoms with E-state index in [1.165, 1.54) is 11.8 Å². The highest BCUT2D eigenvalue weighted by Crippen LogP contribution is 2.26. The number of amides is 1. The van der Waals surface area contributed by atoms with Crippen LogP contribution in [0.3, 0.4) is 0 Å². The van der Waals surface area contributed by atoms with Crippen molar-refractivity contribution in [2.45, 2.75) is 23.9 Å².